The predicted molar refractivity (Wildman–Crippen MR) is 127 cm³/mol. The Morgan fingerprint density at radius 1 is 0.800 bits per heavy atom. The minimum absolute atomic E-state index is 0.499. The monoisotopic (exact) mass is 469 g/mol. The van der Waals surface area contributed by atoms with Crippen LogP contribution in [-0.2, 0) is 0 Å². The quantitative estimate of drug-likeness (QED) is 0.487. The summed E-state index contributed by atoms with van der Waals surface area (Å²) < 4.78 is 1.07. The number of piperidine rings is 2. The van der Waals surface area contributed by atoms with Crippen molar-refractivity contribution in [1.29, 1.82) is 0 Å². The summed E-state index contributed by atoms with van der Waals surface area (Å²) in [5, 5.41) is 4.29. The molecule has 0 spiro atoms. The van der Waals surface area contributed by atoms with Crippen molar-refractivity contribution in [2.75, 3.05) is 41.4 Å². The Kier molecular flexibility index (Phi) is 7.29. The number of halogens is 1. The van der Waals surface area contributed by atoms with Crippen LogP contribution in [0.25, 0.3) is 6.08 Å². The number of hydrazone groups is 1. The molecule has 0 radical (unpaired) electrons. The van der Waals surface area contributed by atoms with E-state index in [0.29, 0.717) is 5.95 Å². The number of hydrogen-bond donors (Lipinski definition) is 1. The molecule has 8 heteroatoms. The van der Waals surface area contributed by atoms with Gasteiger partial charge in [0.15, 0.2) is 0 Å². The molecule has 3 heterocycles. The lowest BCUT2D eigenvalue weighted by molar-refractivity contribution is 0.556. The highest BCUT2D eigenvalue weighted by atomic mass is 79.9. The van der Waals surface area contributed by atoms with Crippen molar-refractivity contribution in [2.24, 2.45) is 5.10 Å². The second-order valence-corrected chi connectivity index (χ2v) is 8.57. The fourth-order valence-electron chi connectivity index (χ4n) is 3.74. The molecule has 0 amide bonds. The Morgan fingerprint density at radius 2 is 1.37 bits per heavy atom. The van der Waals surface area contributed by atoms with Crippen LogP contribution in [0.15, 0.2) is 39.9 Å². The SMILES string of the molecule is Brc1ccc(/C=C/C=N/Nc2nc(N3CCCCC3)nc(N3CCCCC3)n2)cc1. The molecule has 0 saturated carbocycles. The van der Waals surface area contributed by atoms with Crippen LogP contribution in [-0.4, -0.2) is 47.3 Å². The van der Waals surface area contributed by atoms with E-state index >= 15 is 0 Å². The largest absolute Gasteiger partial charge is 0.341 e. The maximum Gasteiger partial charge on any atom is 0.250 e. The van der Waals surface area contributed by atoms with Gasteiger partial charge >= 0.3 is 0 Å². The van der Waals surface area contributed by atoms with Gasteiger partial charge in [-0.3, -0.25) is 0 Å². The Labute approximate surface area is 186 Å². The molecule has 1 aromatic carbocycles. The van der Waals surface area contributed by atoms with Crippen LogP contribution < -0.4 is 15.2 Å². The van der Waals surface area contributed by atoms with Crippen LogP contribution in [0.2, 0.25) is 0 Å². The molecule has 0 aliphatic carbocycles. The van der Waals surface area contributed by atoms with Crippen LogP contribution >= 0.6 is 15.9 Å². The number of anilines is 3. The second kappa shape index (κ2) is 10.5. The molecule has 7 nitrogen and oxygen atoms in total. The standard InChI is InChI=1S/C22H28BrN7/c23-19-11-9-18(10-12-19)8-7-13-24-28-20-25-21(29-14-3-1-4-15-29)27-22(26-20)30-16-5-2-6-17-30/h7-13H,1-6,14-17H2,(H,25,26,27,28)/b8-7+,24-13+. The van der Waals surface area contributed by atoms with Gasteiger partial charge in [-0.2, -0.15) is 20.1 Å². The first kappa shape index (κ1) is 20.8. The van der Waals surface area contributed by atoms with Gasteiger partial charge in [-0.05, 0) is 62.3 Å². The molecule has 2 aliphatic heterocycles. The van der Waals surface area contributed by atoms with Crippen LogP contribution in [0, 0.1) is 0 Å². The van der Waals surface area contributed by atoms with Gasteiger partial charge in [-0.25, -0.2) is 5.43 Å². The fourth-order valence-corrected chi connectivity index (χ4v) is 4.00. The zero-order valence-corrected chi connectivity index (χ0v) is 18.8. The van der Waals surface area contributed by atoms with Gasteiger partial charge in [0.25, 0.3) is 0 Å². The first-order chi connectivity index (χ1) is 14.8. The van der Waals surface area contributed by atoms with Gasteiger partial charge in [-0.15, -0.1) is 0 Å². The van der Waals surface area contributed by atoms with Crippen molar-refractivity contribution in [2.45, 2.75) is 38.5 Å². The third kappa shape index (κ3) is 5.78. The first-order valence-electron chi connectivity index (χ1n) is 10.8. The van der Waals surface area contributed by atoms with E-state index in [0.717, 1.165) is 48.1 Å². The van der Waals surface area contributed by atoms with Gasteiger partial charge in [0.05, 0.1) is 0 Å². The van der Waals surface area contributed by atoms with E-state index in [2.05, 4.69) is 46.2 Å². The highest BCUT2D eigenvalue weighted by Crippen LogP contribution is 2.22. The van der Waals surface area contributed by atoms with E-state index in [-0.39, 0.29) is 0 Å². The van der Waals surface area contributed by atoms with E-state index < -0.39 is 0 Å². The molecule has 1 aromatic heterocycles. The molecule has 158 valence electrons. The number of rotatable bonds is 6. The lowest BCUT2D eigenvalue weighted by Gasteiger charge is -2.30. The van der Waals surface area contributed by atoms with Gasteiger partial charge in [-0.1, -0.05) is 34.1 Å². The van der Waals surface area contributed by atoms with Crippen LogP contribution in [0.1, 0.15) is 44.1 Å². The van der Waals surface area contributed by atoms with E-state index in [4.69, 9.17) is 4.98 Å². The molecule has 4 rings (SSSR count). The Morgan fingerprint density at radius 3 is 1.93 bits per heavy atom. The lowest BCUT2D eigenvalue weighted by atomic mass is 10.1. The van der Waals surface area contributed by atoms with E-state index in [1.54, 1.807) is 6.21 Å². The number of nitrogens with zero attached hydrogens (tertiary/aromatic N) is 6. The molecule has 0 unspecified atom stereocenters. The van der Waals surface area contributed by atoms with Crippen molar-refractivity contribution in [3.63, 3.8) is 0 Å². The minimum Gasteiger partial charge on any atom is -0.341 e. The summed E-state index contributed by atoms with van der Waals surface area (Å²) in [5.74, 6) is 2.01. The summed E-state index contributed by atoms with van der Waals surface area (Å²) in [5.41, 5.74) is 4.11. The first-order valence-corrected chi connectivity index (χ1v) is 11.5. The molecule has 0 bridgehead atoms. The molecule has 1 N–H and O–H groups in total. The summed E-state index contributed by atoms with van der Waals surface area (Å²) in [6, 6.07) is 8.13. The second-order valence-electron chi connectivity index (χ2n) is 7.66. The van der Waals surface area contributed by atoms with Gasteiger partial charge < -0.3 is 9.80 Å². The van der Waals surface area contributed by atoms with E-state index in [9.17, 15) is 0 Å². The normalized spacial score (nSPS) is 17.8. The van der Waals surface area contributed by atoms with Crippen molar-refractivity contribution >= 4 is 46.1 Å². The number of benzene rings is 1. The van der Waals surface area contributed by atoms with Gasteiger partial charge in [0.1, 0.15) is 0 Å². The van der Waals surface area contributed by atoms with Crippen LogP contribution in [0.5, 0.6) is 0 Å². The molecule has 30 heavy (non-hydrogen) atoms. The topological polar surface area (TPSA) is 69.5 Å². The van der Waals surface area contributed by atoms with Crippen molar-refractivity contribution in [1.82, 2.24) is 15.0 Å². The molecule has 0 atom stereocenters. The highest BCUT2D eigenvalue weighted by Gasteiger charge is 2.20. The number of aromatic nitrogens is 3. The predicted octanol–water partition coefficient (Wildman–Crippen LogP) is 4.73. The summed E-state index contributed by atoms with van der Waals surface area (Å²) in [4.78, 5) is 18.6. The smallest absolute Gasteiger partial charge is 0.250 e. The summed E-state index contributed by atoms with van der Waals surface area (Å²) in [6.07, 6.45) is 12.9. The third-order valence-electron chi connectivity index (χ3n) is 5.37. The van der Waals surface area contributed by atoms with E-state index in [1.807, 2.05) is 36.4 Å². The zero-order chi connectivity index (χ0) is 20.6. The number of nitrogens with one attached hydrogen (secondary N) is 1. The van der Waals surface area contributed by atoms with Crippen molar-refractivity contribution in [3.05, 3.63) is 40.4 Å². The number of hydrogen-bond acceptors (Lipinski definition) is 7. The molecule has 2 aliphatic rings. The maximum absolute atomic E-state index is 4.79. The molecular formula is C22H28BrN7. The van der Waals surface area contributed by atoms with Crippen LogP contribution in [0.3, 0.4) is 0 Å². The Hall–Kier alpha value is -2.48. The van der Waals surface area contributed by atoms with Crippen molar-refractivity contribution in [3.8, 4) is 0 Å². The Balaban J connectivity index is 1.46. The minimum atomic E-state index is 0.499. The molecule has 2 fully saturated rings. The molecule has 2 aromatic rings. The third-order valence-corrected chi connectivity index (χ3v) is 5.90. The zero-order valence-electron chi connectivity index (χ0n) is 17.2. The van der Waals surface area contributed by atoms with E-state index in [1.165, 1.54) is 38.5 Å². The average molecular weight is 470 g/mol. The lowest BCUT2D eigenvalue weighted by Crippen LogP contribution is -2.34. The molecule has 2 saturated heterocycles. The van der Waals surface area contributed by atoms with Crippen LogP contribution in [0.4, 0.5) is 17.8 Å². The highest BCUT2D eigenvalue weighted by molar-refractivity contribution is 9.10. The van der Waals surface area contributed by atoms with Gasteiger partial charge in [0.2, 0.25) is 17.8 Å². The number of allylic oxidation sites excluding steroid dienone is 1. The summed E-state index contributed by atoms with van der Waals surface area (Å²) in [6.45, 7) is 4.01. The van der Waals surface area contributed by atoms with Gasteiger partial charge in [0, 0.05) is 36.9 Å². The maximum atomic E-state index is 4.79. The Bertz CT molecular complexity index is 833. The average Bonchev–Trinajstić information content (AvgIpc) is 2.81. The van der Waals surface area contributed by atoms with Crippen molar-refractivity contribution < 1.29 is 0 Å². The molecular weight excluding hydrogens is 442 g/mol. The fraction of sp³-hybridized carbons (Fsp3) is 0.455. The summed E-state index contributed by atoms with van der Waals surface area (Å²) in [7, 11) is 0. The summed E-state index contributed by atoms with van der Waals surface area (Å²) >= 11 is 3.45.